The molecule has 0 amide bonds. The number of halogens is 1. The van der Waals surface area contributed by atoms with Crippen molar-refractivity contribution in [2.75, 3.05) is 7.11 Å². The van der Waals surface area contributed by atoms with Crippen LogP contribution in [0.4, 0.5) is 0 Å². The number of aromatic nitrogens is 2. The topological polar surface area (TPSA) is 69.4 Å². The fourth-order valence-electron chi connectivity index (χ4n) is 1.73. The number of ether oxygens (including phenoxy) is 2. The maximum atomic E-state index is 5.71. The fraction of sp³-hybridized carbons (Fsp3) is 0.429. The maximum absolute atomic E-state index is 5.71. The molecule has 0 radical (unpaired) electrons. The van der Waals surface area contributed by atoms with E-state index < -0.39 is 0 Å². The minimum Gasteiger partial charge on any atom is -0.493 e. The highest BCUT2D eigenvalue weighted by Crippen LogP contribution is 2.37. The Bertz CT molecular complexity index is 573. The zero-order chi connectivity index (χ0) is 15.2. The van der Waals surface area contributed by atoms with Crippen LogP contribution in [0.5, 0.6) is 11.5 Å². The highest BCUT2D eigenvalue weighted by atomic mass is 79.9. The van der Waals surface area contributed by atoms with Crippen LogP contribution in [0.1, 0.15) is 25.2 Å². The van der Waals surface area contributed by atoms with Crippen molar-refractivity contribution in [3.8, 4) is 11.5 Å². The van der Waals surface area contributed by atoms with Gasteiger partial charge in [0, 0.05) is 12.6 Å². The molecule has 0 saturated heterocycles. The predicted octanol–water partition coefficient (Wildman–Crippen LogP) is 2.92. The molecule has 6 nitrogen and oxygen atoms in total. The molecule has 2 aromatic rings. The Labute approximate surface area is 132 Å². The minimum absolute atomic E-state index is 0.217. The van der Waals surface area contributed by atoms with Crippen LogP contribution in [0, 0.1) is 0 Å². The van der Waals surface area contributed by atoms with Crippen LogP contribution in [-0.2, 0) is 13.2 Å². The number of methoxy groups -OCH3 is 1. The van der Waals surface area contributed by atoms with E-state index in [2.05, 4.69) is 49.8 Å². The Kier molecular flexibility index (Phi) is 5.58. The van der Waals surface area contributed by atoms with Gasteiger partial charge in [-0.05, 0) is 33.6 Å². The Morgan fingerprint density at radius 1 is 1.38 bits per heavy atom. The summed E-state index contributed by atoms with van der Waals surface area (Å²) in [5, 5.41) is 7.07. The van der Waals surface area contributed by atoms with Gasteiger partial charge < -0.3 is 19.3 Å². The summed E-state index contributed by atoms with van der Waals surface area (Å²) in [6.45, 7) is 5.19. The Morgan fingerprint density at radius 3 is 2.81 bits per heavy atom. The molecule has 7 heteroatoms. The molecule has 0 unspecified atom stereocenters. The second kappa shape index (κ2) is 7.42. The van der Waals surface area contributed by atoms with Crippen LogP contribution in [0.25, 0.3) is 0 Å². The standard InChI is InChI=1S/C14H18BrN3O3/c1-9(2)16-6-10-4-11(15)14(12(5-10)19-3)20-7-13-17-8-21-18-13/h4-5,8-9,16H,6-7H2,1-3H3. The lowest BCUT2D eigenvalue weighted by Crippen LogP contribution is -2.21. The first-order chi connectivity index (χ1) is 10.1. The summed E-state index contributed by atoms with van der Waals surface area (Å²) in [5.74, 6) is 1.76. The van der Waals surface area contributed by atoms with Crippen molar-refractivity contribution in [1.29, 1.82) is 0 Å². The second-order valence-corrected chi connectivity index (χ2v) is 5.64. The van der Waals surface area contributed by atoms with Crippen molar-refractivity contribution in [3.63, 3.8) is 0 Å². The van der Waals surface area contributed by atoms with Crippen LogP contribution < -0.4 is 14.8 Å². The SMILES string of the molecule is COc1cc(CNC(C)C)cc(Br)c1OCc1ncon1. The molecular weight excluding hydrogens is 338 g/mol. The molecule has 21 heavy (non-hydrogen) atoms. The summed E-state index contributed by atoms with van der Waals surface area (Å²) in [7, 11) is 1.61. The van der Waals surface area contributed by atoms with Gasteiger partial charge in [-0.3, -0.25) is 0 Å². The van der Waals surface area contributed by atoms with Gasteiger partial charge in [0.15, 0.2) is 18.1 Å². The smallest absolute Gasteiger partial charge is 0.213 e. The molecule has 114 valence electrons. The van der Waals surface area contributed by atoms with Crippen molar-refractivity contribution < 1.29 is 14.0 Å². The van der Waals surface area contributed by atoms with Crippen LogP contribution >= 0.6 is 15.9 Å². The molecule has 1 aromatic heterocycles. The van der Waals surface area contributed by atoms with Crippen molar-refractivity contribution >= 4 is 15.9 Å². The predicted molar refractivity (Wildman–Crippen MR) is 81.3 cm³/mol. The number of hydrogen-bond acceptors (Lipinski definition) is 6. The average Bonchev–Trinajstić information content (AvgIpc) is 2.96. The molecule has 0 saturated carbocycles. The molecule has 2 rings (SSSR count). The van der Waals surface area contributed by atoms with E-state index in [0.29, 0.717) is 23.4 Å². The largest absolute Gasteiger partial charge is 0.493 e. The molecule has 0 bridgehead atoms. The quantitative estimate of drug-likeness (QED) is 0.823. The lowest BCUT2D eigenvalue weighted by atomic mass is 10.2. The molecule has 1 N–H and O–H groups in total. The molecule has 0 spiro atoms. The van der Waals surface area contributed by atoms with Crippen molar-refractivity contribution in [2.24, 2.45) is 0 Å². The number of rotatable bonds is 7. The van der Waals surface area contributed by atoms with E-state index in [9.17, 15) is 0 Å². The van der Waals surface area contributed by atoms with Gasteiger partial charge in [0.1, 0.15) is 0 Å². The van der Waals surface area contributed by atoms with E-state index in [4.69, 9.17) is 9.47 Å². The molecule has 1 aromatic carbocycles. The van der Waals surface area contributed by atoms with E-state index in [1.807, 2.05) is 12.1 Å². The first-order valence-corrected chi connectivity index (χ1v) is 7.37. The second-order valence-electron chi connectivity index (χ2n) is 4.78. The summed E-state index contributed by atoms with van der Waals surface area (Å²) < 4.78 is 16.6. The highest BCUT2D eigenvalue weighted by molar-refractivity contribution is 9.10. The summed E-state index contributed by atoms with van der Waals surface area (Å²) >= 11 is 3.51. The van der Waals surface area contributed by atoms with E-state index in [0.717, 1.165) is 16.6 Å². The van der Waals surface area contributed by atoms with Crippen LogP contribution in [0.2, 0.25) is 0 Å². The van der Waals surface area contributed by atoms with Gasteiger partial charge >= 0.3 is 0 Å². The number of nitrogens with zero attached hydrogens (tertiary/aromatic N) is 2. The van der Waals surface area contributed by atoms with E-state index in [-0.39, 0.29) is 6.61 Å². The van der Waals surface area contributed by atoms with E-state index in [1.165, 1.54) is 6.39 Å². The minimum atomic E-state index is 0.217. The first-order valence-electron chi connectivity index (χ1n) is 6.58. The average molecular weight is 356 g/mol. The van der Waals surface area contributed by atoms with Crippen molar-refractivity contribution in [2.45, 2.75) is 33.0 Å². The fourth-order valence-corrected chi connectivity index (χ4v) is 2.33. The monoisotopic (exact) mass is 355 g/mol. The van der Waals surface area contributed by atoms with Gasteiger partial charge in [0.25, 0.3) is 0 Å². The number of hydrogen-bond donors (Lipinski definition) is 1. The molecule has 0 aliphatic rings. The van der Waals surface area contributed by atoms with E-state index in [1.54, 1.807) is 7.11 Å². The lowest BCUT2D eigenvalue weighted by molar-refractivity contribution is 0.268. The van der Waals surface area contributed by atoms with Crippen LogP contribution in [-0.4, -0.2) is 23.3 Å². The normalized spacial score (nSPS) is 10.9. The molecular formula is C14H18BrN3O3. The van der Waals surface area contributed by atoms with Crippen LogP contribution in [0.3, 0.4) is 0 Å². The van der Waals surface area contributed by atoms with Crippen molar-refractivity contribution in [3.05, 3.63) is 34.4 Å². The third-order valence-corrected chi connectivity index (χ3v) is 3.35. The van der Waals surface area contributed by atoms with E-state index >= 15 is 0 Å². The van der Waals surface area contributed by atoms with Crippen LogP contribution in [0.15, 0.2) is 27.5 Å². The first kappa shape index (κ1) is 15.8. The third-order valence-electron chi connectivity index (χ3n) is 2.76. The molecule has 0 aliphatic carbocycles. The molecule has 0 fully saturated rings. The summed E-state index contributed by atoms with van der Waals surface area (Å²) in [6, 6.07) is 4.37. The molecule has 1 heterocycles. The van der Waals surface area contributed by atoms with Gasteiger partial charge in [-0.25, -0.2) is 0 Å². The van der Waals surface area contributed by atoms with Gasteiger partial charge in [0.05, 0.1) is 11.6 Å². The Morgan fingerprint density at radius 2 is 2.19 bits per heavy atom. The number of benzene rings is 1. The summed E-state index contributed by atoms with van der Waals surface area (Å²) in [6.07, 6.45) is 1.27. The Hall–Kier alpha value is -1.60. The maximum Gasteiger partial charge on any atom is 0.213 e. The summed E-state index contributed by atoms with van der Waals surface area (Å²) in [4.78, 5) is 3.91. The van der Waals surface area contributed by atoms with Gasteiger partial charge in [-0.1, -0.05) is 19.0 Å². The van der Waals surface area contributed by atoms with Gasteiger partial charge in [-0.2, -0.15) is 4.98 Å². The zero-order valence-electron chi connectivity index (χ0n) is 12.2. The van der Waals surface area contributed by atoms with Gasteiger partial charge in [0.2, 0.25) is 12.2 Å². The van der Waals surface area contributed by atoms with Crippen molar-refractivity contribution in [1.82, 2.24) is 15.5 Å². The van der Waals surface area contributed by atoms with Gasteiger partial charge in [-0.15, -0.1) is 0 Å². The zero-order valence-corrected chi connectivity index (χ0v) is 13.8. The third kappa shape index (κ3) is 4.44. The molecule has 0 atom stereocenters. The molecule has 0 aliphatic heterocycles. The highest BCUT2D eigenvalue weighted by Gasteiger charge is 2.13. The summed E-state index contributed by atoms with van der Waals surface area (Å²) in [5.41, 5.74) is 1.11. The number of nitrogens with one attached hydrogen (secondary N) is 1. The lowest BCUT2D eigenvalue weighted by Gasteiger charge is -2.14. The Balaban J connectivity index is 2.12.